The molecule has 21 heavy (non-hydrogen) atoms. The number of carbonyl (C=O) groups is 2. The molecule has 1 saturated carbocycles. The quantitative estimate of drug-likeness (QED) is 0.703. The molecule has 2 unspecified atom stereocenters. The summed E-state index contributed by atoms with van der Waals surface area (Å²) in [5, 5.41) is 6.09. The first-order valence-electron chi connectivity index (χ1n) is 8.00. The number of piperazine rings is 1. The topological polar surface area (TPSA) is 64.7 Å². The van der Waals surface area contributed by atoms with Gasteiger partial charge in [0, 0.05) is 44.7 Å². The SMILES string of the molecule is CNCC(C)C(=O)N1CCN(C(C)C(=O)NC2CC2)CC1. The van der Waals surface area contributed by atoms with Crippen LogP contribution in [0.1, 0.15) is 26.7 Å². The molecule has 6 heteroatoms. The maximum atomic E-state index is 12.2. The number of nitrogens with zero attached hydrogens (tertiary/aromatic N) is 2. The second-order valence-corrected chi connectivity index (χ2v) is 6.28. The molecule has 2 amide bonds. The molecular weight excluding hydrogens is 268 g/mol. The van der Waals surface area contributed by atoms with Crippen LogP contribution in [-0.4, -0.2) is 73.5 Å². The van der Waals surface area contributed by atoms with Crippen molar-refractivity contribution in [3.63, 3.8) is 0 Å². The van der Waals surface area contributed by atoms with E-state index in [1.165, 1.54) is 0 Å². The highest BCUT2D eigenvalue weighted by Crippen LogP contribution is 2.19. The van der Waals surface area contributed by atoms with Crippen molar-refractivity contribution in [3.8, 4) is 0 Å². The lowest BCUT2D eigenvalue weighted by atomic mass is 10.1. The second-order valence-electron chi connectivity index (χ2n) is 6.28. The van der Waals surface area contributed by atoms with E-state index in [9.17, 15) is 9.59 Å². The predicted molar refractivity (Wildman–Crippen MR) is 81.9 cm³/mol. The Hall–Kier alpha value is -1.14. The van der Waals surface area contributed by atoms with Gasteiger partial charge in [0.25, 0.3) is 0 Å². The van der Waals surface area contributed by atoms with Crippen molar-refractivity contribution < 1.29 is 9.59 Å². The number of nitrogens with one attached hydrogen (secondary N) is 2. The van der Waals surface area contributed by atoms with E-state index in [1.807, 2.05) is 25.8 Å². The van der Waals surface area contributed by atoms with Gasteiger partial charge >= 0.3 is 0 Å². The van der Waals surface area contributed by atoms with E-state index in [1.54, 1.807) is 0 Å². The number of rotatable bonds is 6. The average molecular weight is 296 g/mol. The largest absolute Gasteiger partial charge is 0.352 e. The summed E-state index contributed by atoms with van der Waals surface area (Å²) in [5.74, 6) is 0.344. The van der Waals surface area contributed by atoms with Gasteiger partial charge in [0.2, 0.25) is 11.8 Å². The summed E-state index contributed by atoms with van der Waals surface area (Å²) in [6.45, 7) is 7.60. The molecule has 0 bridgehead atoms. The van der Waals surface area contributed by atoms with Crippen molar-refractivity contribution in [2.45, 2.75) is 38.8 Å². The van der Waals surface area contributed by atoms with Gasteiger partial charge in [-0.3, -0.25) is 14.5 Å². The van der Waals surface area contributed by atoms with Gasteiger partial charge in [-0.15, -0.1) is 0 Å². The van der Waals surface area contributed by atoms with Crippen LogP contribution in [0.3, 0.4) is 0 Å². The van der Waals surface area contributed by atoms with E-state index in [0.717, 1.165) is 25.9 Å². The number of hydrogen-bond donors (Lipinski definition) is 2. The van der Waals surface area contributed by atoms with Gasteiger partial charge in [-0.25, -0.2) is 0 Å². The van der Waals surface area contributed by atoms with Gasteiger partial charge in [0.05, 0.1) is 6.04 Å². The Morgan fingerprint density at radius 2 is 1.76 bits per heavy atom. The molecule has 6 nitrogen and oxygen atoms in total. The summed E-state index contributed by atoms with van der Waals surface area (Å²) in [5.41, 5.74) is 0. The van der Waals surface area contributed by atoms with Crippen LogP contribution in [0.4, 0.5) is 0 Å². The lowest BCUT2D eigenvalue weighted by Gasteiger charge is -2.38. The van der Waals surface area contributed by atoms with Crippen molar-refractivity contribution in [3.05, 3.63) is 0 Å². The molecule has 1 aliphatic heterocycles. The third-order valence-corrected chi connectivity index (χ3v) is 4.41. The fraction of sp³-hybridized carbons (Fsp3) is 0.867. The zero-order chi connectivity index (χ0) is 15.4. The highest BCUT2D eigenvalue weighted by atomic mass is 16.2. The van der Waals surface area contributed by atoms with Gasteiger partial charge in [0.15, 0.2) is 0 Å². The van der Waals surface area contributed by atoms with Gasteiger partial charge in [0.1, 0.15) is 0 Å². The zero-order valence-corrected chi connectivity index (χ0v) is 13.4. The molecule has 2 atom stereocenters. The third-order valence-electron chi connectivity index (χ3n) is 4.41. The molecule has 1 heterocycles. The van der Waals surface area contributed by atoms with Crippen LogP contribution in [0.25, 0.3) is 0 Å². The molecule has 2 aliphatic rings. The third kappa shape index (κ3) is 4.41. The van der Waals surface area contributed by atoms with Crippen LogP contribution < -0.4 is 10.6 Å². The van der Waals surface area contributed by atoms with E-state index in [0.29, 0.717) is 25.7 Å². The molecule has 1 aliphatic carbocycles. The molecular formula is C15H28N4O2. The lowest BCUT2D eigenvalue weighted by Crippen LogP contribution is -2.56. The summed E-state index contributed by atoms with van der Waals surface area (Å²) in [7, 11) is 1.86. The van der Waals surface area contributed by atoms with E-state index >= 15 is 0 Å². The molecule has 1 saturated heterocycles. The Kier molecular flexibility index (Phi) is 5.58. The molecule has 0 aromatic heterocycles. The number of hydrogen-bond acceptors (Lipinski definition) is 4. The summed E-state index contributed by atoms with van der Waals surface area (Å²) < 4.78 is 0. The van der Waals surface area contributed by atoms with Crippen LogP contribution in [0.2, 0.25) is 0 Å². The number of amides is 2. The molecule has 0 aromatic carbocycles. The minimum atomic E-state index is -0.0995. The summed E-state index contributed by atoms with van der Waals surface area (Å²) in [4.78, 5) is 28.4. The van der Waals surface area contributed by atoms with Crippen molar-refractivity contribution in [2.24, 2.45) is 5.92 Å². The Labute approximate surface area is 127 Å². The second kappa shape index (κ2) is 7.22. The Morgan fingerprint density at radius 3 is 2.29 bits per heavy atom. The molecule has 0 radical (unpaired) electrons. The Morgan fingerprint density at radius 1 is 1.14 bits per heavy atom. The van der Waals surface area contributed by atoms with Gasteiger partial charge < -0.3 is 15.5 Å². The normalized spacial score (nSPS) is 22.7. The first-order chi connectivity index (χ1) is 10.0. The van der Waals surface area contributed by atoms with Crippen LogP contribution in [0, 0.1) is 5.92 Å². The highest BCUT2D eigenvalue weighted by molar-refractivity contribution is 5.82. The van der Waals surface area contributed by atoms with Crippen molar-refractivity contribution >= 4 is 11.8 Å². The maximum absolute atomic E-state index is 12.2. The highest BCUT2D eigenvalue weighted by Gasteiger charge is 2.31. The first kappa shape index (κ1) is 16.2. The van der Waals surface area contributed by atoms with E-state index in [2.05, 4.69) is 15.5 Å². The molecule has 2 N–H and O–H groups in total. The average Bonchev–Trinajstić information content (AvgIpc) is 3.30. The van der Waals surface area contributed by atoms with Crippen LogP contribution in [-0.2, 0) is 9.59 Å². The van der Waals surface area contributed by atoms with Crippen LogP contribution in [0.5, 0.6) is 0 Å². The first-order valence-corrected chi connectivity index (χ1v) is 8.00. The standard InChI is InChI=1S/C15H28N4O2/c1-11(10-16-3)15(21)19-8-6-18(7-9-19)12(2)14(20)17-13-4-5-13/h11-13,16H,4-10H2,1-3H3,(H,17,20). The Bertz CT molecular complexity index is 376. The summed E-state index contributed by atoms with van der Waals surface area (Å²) in [6.07, 6.45) is 2.23. The smallest absolute Gasteiger partial charge is 0.237 e. The molecule has 0 aromatic rings. The predicted octanol–water partition coefficient (Wildman–Crippen LogP) is -0.347. The van der Waals surface area contributed by atoms with Crippen LogP contribution in [0.15, 0.2) is 0 Å². The maximum Gasteiger partial charge on any atom is 0.237 e. The van der Waals surface area contributed by atoms with Gasteiger partial charge in [-0.05, 0) is 26.8 Å². The molecule has 0 spiro atoms. The van der Waals surface area contributed by atoms with Crippen molar-refractivity contribution in [2.75, 3.05) is 39.8 Å². The molecule has 2 fully saturated rings. The fourth-order valence-corrected chi connectivity index (χ4v) is 2.75. The Balaban J connectivity index is 1.76. The van der Waals surface area contributed by atoms with Gasteiger partial charge in [-0.1, -0.05) is 6.92 Å². The monoisotopic (exact) mass is 296 g/mol. The molecule has 2 rings (SSSR count). The van der Waals surface area contributed by atoms with Crippen LogP contribution >= 0.6 is 0 Å². The van der Waals surface area contributed by atoms with Gasteiger partial charge in [-0.2, -0.15) is 0 Å². The molecule has 120 valence electrons. The van der Waals surface area contributed by atoms with Crippen molar-refractivity contribution in [1.29, 1.82) is 0 Å². The number of carbonyl (C=O) groups excluding carboxylic acids is 2. The lowest BCUT2D eigenvalue weighted by molar-refractivity contribution is -0.137. The minimum Gasteiger partial charge on any atom is -0.352 e. The van der Waals surface area contributed by atoms with Crippen molar-refractivity contribution in [1.82, 2.24) is 20.4 Å². The van der Waals surface area contributed by atoms with E-state index in [4.69, 9.17) is 0 Å². The summed E-state index contributed by atoms with van der Waals surface area (Å²) in [6, 6.07) is 0.308. The zero-order valence-electron chi connectivity index (χ0n) is 13.4. The minimum absolute atomic E-state index is 0.0112. The fourth-order valence-electron chi connectivity index (χ4n) is 2.75. The van der Waals surface area contributed by atoms with E-state index in [-0.39, 0.29) is 23.8 Å². The van der Waals surface area contributed by atoms with E-state index < -0.39 is 0 Å². The summed E-state index contributed by atoms with van der Waals surface area (Å²) >= 11 is 0.